The lowest BCUT2D eigenvalue weighted by molar-refractivity contribution is -0.854. The van der Waals surface area contributed by atoms with Gasteiger partial charge in [-0.25, -0.2) is 0 Å². The summed E-state index contributed by atoms with van der Waals surface area (Å²) >= 11 is 0. The fourth-order valence-corrected chi connectivity index (χ4v) is 1.38. The number of ether oxygens (including phenoxy) is 1. The molecule has 0 amide bonds. The third-order valence-corrected chi connectivity index (χ3v) is 2.23. The molecule has 0 spiro atoms. The van der Waals surface area contributed by atoms with Crippen LogP contribution in [-0.2, 0) is 4.74 Å². The van der Waals surface area contributed by atoms with Gasteiger partial charge in [0.15, 0.2) is 0 Å². The van der Waals surface area contributed by atoms with Gasteiger partial charge >= 0.3 is 0 Å². The van der Waals surface area contributed by atoms with Crippen molar-refractivity contribution in [3.63, 3.8) is 0 Å². The normalized spacial score (nSPS) is 31.6. The van der Waals surface area contributed by atoms with E-state index in [9.17, 15) is 5.21 Å². The van der Waals surface area contributed by atoms with Crippen LogP contribution in [0.4, 0.5) is 0 Å². The maximum atomic E-state index is 10.9. The molecule has 1 aliphatic heterocycles. The van der Waals surface area contributed by atoms with Gasteiger partial charge in [0.2, 0.25) is 0 Å². The Balaban J connectivity index is 2.08. The maximum absolute atomic E-state index is 10.9. The van der Waals surface area contributed by atoms with Gasteiger partial charge in [-0.2, -0.15) is 0 Å². The molecule has 0 aromatic rings. The zero-order valence-electron chi connectivity index (χ0n) is 7.61. The number of quaternary nitrogens is 1. The summed E-state index contributed by atoms with van der Waals surface area (Å²) in [6, 6.07) is 0. The largest absolute Gasteiger partial charge is 0.634 e. The minimum absolute atomic E-state index is 0.0823. The van der Waals surface area contributed by atoms with Crippen molar-refractivity contribution >= 4 is 0 Å². The highest BCUT2D eigenvalue weighted by atomic mass is 16.5. The molecule has 0 bridgehead atoms. The minimum Gasteiger partial charge on any atom is -0.634 e. The van der Waals surface area contributed by atoms with Crippen molar-refractivity contribution in [3.05, 3.63) is 5.21 Å². The van der Waals surface area contributed by atoms with Gasteiger partial charge in [0.05, 0.1) is 32.4 Å². The van der Waals surface area contributed by atoms with E-state index in [0.717, 1.165) is 12.8 Å². The van der Waals surface area contributed by atoms with Gasteiger partial charge in [0.1, 0.15) is 6.10 Å². The summed E-state index contributed by atoms with van der Waals surface area (Å²) in [6.45, 7) is 1.06. The van der Waals surface area contributed by atoms with E-state index < -0.39 is 6.10 Å². The van der Waals surface area contributed by atoms with Crippen molar-refractivity contribution in [2.75, 3.05) is 26.3 Å². The highest BCUT2D eigenvalue weighted by Gasteiger charge is 2.18. The Hall–Kier alpha value is -0.200. The molecular formula is C8H17NO4. The quantitative estimate of drug-likeness (QED) is 0.445. The average molecular weight is 191 g/mol. The average Bonchev–Trinajstić information content (AvgIpc) is 2.16. The second kappa shape index (κ2) is 5.51. The first-order chi connectivity index (χ1) is 6.22. The van der Waals surface area contributed by atoms with Crippen molar-refractivity contribution in [1.29, 1.82) is 0 Å². The fourth-order valence-electron chi connectivity index (χ4n) is 1.38. The van der Waals surface area contributed by atoms with E-state index in [1.807, 2.05) is 0 Å². The highest BCUT2D eigenvalue weighted by molar-refractivity contribution is 4.62. The predicted molar refractivity (Wildman–Crippen MR) is 46.1 cm³/mol. The van der Waals surface area contributed by atoms with Crippen molar-refractivity contribution < 1.29 is 20.0 Å². The highest BCUT2D eigenvalue weighted by Crippen LogP contribution is 2.05. The molecule has 1 unspecified atom stereocenters. The molecule has 13 heavy (non-hydrogen) atoms. The van der Waals surface area contributed by atoms with E-state index in [-0.39, 0.29) is 19.3 Å². The second-order valence-corrected chi connectivity index (χ2v) is 3.41. The van der Waals surface area contributed by atoms with Crippen LogP contribution in [0.15, 0.2) is 0 Å². The zero-order chi connectivity index (χ0) is 9.68. The number of aliphatic hydroxyl groups excluding tert-OH is 2. The van der Waals surface area contributed by atoms with Crippen LogP contribution in [0, 0.1) is 5.21 Å². The van der Waals surface area contributed by atoms with Gasteiger partial charge in [-0.1, -0.05) is 0 Å². The molecule has 1 aliphatic rings. The zero-order valence-corrected chi connectivity index (χ0v) is 7.61. The molecule has 0 radical (unpaired) electrons. The maximum Gasteiger partial charge on any atom is 0.100 e. The third-order valence-electron chi connectivity index (χ3n) is 2.23. The van der Waals surface area contributed by atoms with Crippen molar-refractivity contribution in [1.82, 2.24) is 0 Å². The van der Waals surface area contributed by atoms with Gasteiger partial charge in [-0.3, -0.25) is 0 Å². The van der Waals surface area contributed by atoms with Crippen LogP contribution >= 0.6 is 0 Å². The van der Waals surface area contributed by atoms with Gasteiger partial charge < -0.3 is 25.2 Å². The molecule has 1 fully saturated rings. The Bertz CT molecular complexity index is 136. The van der Waals surface area contributed by atoms with E-state index in [1.54, 1.807) is 0 Å². The van der Waals surface area contributed by atoms with E-state index in [1.165, 1.54) is 0 Å². The lowest BCUT2D eigenvalue weighted by Crippen LogP contribution is -3.08. The number of aliphatic hydroxyl groups is 2. The lowest BCUT2D eigenvalue weighted by Gasteiger charge is -2.31. The van der Waals surface area contributed by atoms with E-state index >= 15 is 0 Å². The number of hydroxylamine groups is 2. The summed E-state index contributed by atoms with van der Waals surface area (Å²) in [4.78, 5) is 0. The fraction of sp³-hybridized carbons (Fsp3) is 1.00. The van der Waals surface area contributed by atoms with Crippen LogP contribution in [0.3, 0.4) is 0 Å². The summed E-state index contributed by atoms with van der Waals surface area (Å²) in [7, 11) is 0. The van der Waals surface area contributed by atoms with Crippen LogP contribution in [0.5, 0.6) is 0 Å². The minimum atomic E-state index is -0.794. The smallest absolute Gasteiger partial charge is 0.100 e. The Morgan fingerprint density at radius 1 is 1.46 bits per heavy atom. The van der Waals surface area contributed by atoms with Crippen molar-refractivity contribution in [3.8, 4) is 0 Å². The summed E-state index contributed by atoms with van der Waals surface area (Å²) in [5.74, 6) is 0. The van der Waals surface area contributed by atoms with Gasteiger partial charge in [-0.15, -0.1) is 0 Å². The first kappa shape index (κ1) is 10.9. The lowest BCUT2D eigenvalue weighted by atomic mass is 10.1. The molecule has 3 N–H and O–H groups in total. The van der Waals surface area contributed by atoms with Gasteiger partial charge in [-0.05, 0) is 0 Å². The van der Waals surface area contributed by atoms with Crippen LogP contribution in [0.2, 0.25) is 0 Å². The number of hydrogen-bond donors (Lipinski definition) is 3. The van der Waals surface area contributed by atoms with E-state index in [4.69, 9.17) is 14.9 Å². The molecule has 0 saturated carbocycles. The summed E-state index contributed by atoms with van der Waals surface area (Å²) in [5, 5.41) is 28.7. The van der Waals surface area contributed by atoms with Crippen LogP contribution < -0.4 is 5.06 Å². The van der Waals surface area contributed by atoms with Crippen molar-refractivity contribution in [2.24, 2.45) is 0 Å². The molecule has 1 heterocycles. The molecule has 1 saturated heterocycles. The molecular weight excluding hydrogens is 174 g/mol. The van der Waals surface area contributed by atoms with Gasteiger partial charge in [0, 0.05) is 12.8 Å². The summed E-state index contributed by atoms with van der Waals surface area (Å²) < 4.78 is 5.32. The monoisotopic (exact) mass is 191 g/mol. The Morgan fingerprint density at radius 3 is 2.62 bits per heavy atom. The number of hydrogen-bond acceptors (Lipinski definition) is 4. The molecule has 0 aromatic carbocycles. The van der Waals surface area contributed by atoms with Crippen LogP contribution in [-0.4, -0.2) is 48.7 Å². The van der Waals surface area contributed by atoms with Gasteiger partial charge in [0.25, 0.3) is 0 Å². The third kappa shape index (κ3) is 4.02. The van der Waals surface area contributed by atoms with Crippen molar-refractivity contribution in [2.45, 2.75) is 25.0 Å². The molecule has 5 nitrogen and oxygen atoms in total. The molecule has 5 heteroatoms. The number of nitrogens with one attached hydrogen (secondary N) is 1. The van der Waals surface area contributed by atoms with Crippen LogP contribution in [0.1, 0.15) is 12.8 Å². The number of rotatable bonds is 4. The van der Waals surface area contributed by atoms with E-state index in [0.29, 0.717) is 18.2 Å². The SMILES string of the molecule is [O-][NH+]1CCC(OCC(O)CO)CC1. The first-order valence-electron chi connectivity index (χ1n) is 4.64. The second-order valence-electron chi connectivity index (χ2n) is 3.41. The number of piperidine rings is 1. The Morgan fingerprint density at radius 2 is 2.08 bits per heavy atom. The van der Waals surface area contributed by atoms with Crippen LogP contribution in [0.25, 0.3) is 0 Å². The topological polar surface area (TPSA) is 77.2 Å². The predicted octanol–water partition coefficient (Wildman–Crippen LogP) is -2.10. The standard InChI is InChI=1S/C8H17NO4/c10-5-7(11)6-13-8-1-3-9(12)4-2-8/h7-11H,1-6H2. The Kier molecular flexibility index (Phi) is 4.61. The molecule has 1 atom stereocenters. The summed E-state index contributed by atoms with van der Waals surface area (Å²) in [5.41, 5.74) is 0. The molecule has 78 valence electrons. The molecule has 0 aromatic heterocycles. The first-order valence-corrected chi connectivity index (χ1v) is 4.64. The molecule has 1 rings (SSSR count). The summed E-state index contributed by atoms with van der Waals surface area (Å²) in [6.07, 6.45) is 0.782. The molecule has 0 aliphatic carbocycles. The van der Waals surface area contributed by atoms with E-state index in [2.05, 4.69) is 0 Å². The Labute approximate surface area is 77.5 Å².